The zero-order valence-corrected chi connectivity index (χ0v) is 13.7. The van der Waals surface area contributed by atoms with Crippen molar-refractivity contribution < 1.29 is 4.79 Å². The van der Waals surface area contributed by atoms with Crippen molar-refractivity contribution in [1.82, 2.24) is 10.2 Å². The molecule has 0 aromatic carbocycles. The van der Waals surface area contributed by atoms with Crippen molar-refractivity contribution in [2.75, 3.05) is 26.7 Å². The molecule has 0 unspecified atom stereocenters. The highest BCUT2D eigenvalue weighted by molar-refractivity contribution is 5.81. The number of carbonyl (C=O) groups is 1. The Bertz CT molecular complexity index is 290. The SMILES string of the molecule is C=CCN(C)CCCNC(=O)C(C)(C)CC(C)(C)C. The zero-order chi connectivity index (χ0) is 15.1. The van der Waals surface area contributed by atoms with Crippen molar-refractivity contribution in [1.29, 1.82) is 0 Å². The molecule has 0 aliphatic rings. The molecule has 112 valence electrons. The van der Waals surface area contributed by atoms with Crippen LogP contribution in [-0.4, -0.2) is 37.5 Å². The molecule has 0 atom stereocenters. The highest BCUT2D eigenvalue weighted by Gasteiger charge is 2.32. The maximum Gasteiger partial charge on any atom is 0.225 e. The monoisotopic (exact) mass is 268 g/mol. The summed E-state index contributed by atoms with van der Waals surface area (Å²) in [6.07, 6.45) is 3.76. The number of amides is 1. The molecule has 0 heterocycles. The Morgan fingerprint density at radius 1 is 1.26 bits per heavy atom. The number of rotatable bonds is 8. The molecule has 3 nitrogen and oxygen atoms in total. The van der Waals surface area contributed by atoms with E-state index in [9.17, 15) is 4.79 Å². The average molecular weight is 268 g/mol. The number of carbonyl (C=O) groups excluding carboxylic acids is 1. The molecular formula is C16H32N2O. The van der Waals surface area contributed by atoms with E-state index in [1.165, 1.54) is 0 Å². The Balaban J connectivity index is 4.00. The van der Waals surface area contributed by atoms with E-state index < -0.39 is 0 Å². The minimum absolute atomic E-state index is 0.161. The van der Waals surface area contributed by atoms with Gasteiger partial charge in [0, 0.05) is 18.5 Å². The average Bonchev–Trinajstić information content (AvgIpc) is 2.21. The highest BCUT2D eigenvalue weighted by Crippen LogP contribution is 2.33. The van der Waals surface area contributed by atoms with Crippen molar-refractivity contribution in [3.63, 3.8) is 0 Å². The molecule has 0 saturated carbocycles. The third kappa shape index (κ3) is 8.82. The maximum absolute atomic E-state index is 12.2. The molecule has 0 aliphatic carbocycles. The fourth-order valence-electron chi connectivity index (χ4n) is 2.51. The van der Waals surface area contributed by atoms with Crippen molar-refractivity contribution in [3.8, 4) is 0 Å². The van der Waals surface area contributed by atoms with E-state index >= 15 is 0 Å². The standard InChI is InChI=1S/C16H32N2O/c1-8-11-18(7)12-9-10-17-14(19)16(5,6)13-15(2,3)4/h8H,1,9-13H2,2-7H3,(H,17,19). The predicted molar refractivity (Wildman–Crippen MR) is 83.2 cm³/mol. The third-order valence-electron chi connectivity index (χ3n) is 3.03. The summed E-state index contributed by atoms with van der Waals surface area (Å²) in [7, 11) is 2.06. The van der Waals surface area contributed by atoms with Crippen LogP contribution in [0.3, 0.4) is 0 Å². The summed E-state index contributed by atoms with van der Waals surface area (Å²) >= 11 is 0. The molecule has 3 heteroatoms. The van der Waals surface area contributed by atoms with Gasteiger partial charge in [-0.1, -0.05) is 40.7 Å². The fourth-order valence-corrected chi connectivity index (χ4v) is 2.51. The van der Waals surface area contributed by atoms with Crippen LogP contribution in [-0.2, 0) is 4.79 Å². The molecule has 0 rings (SSSR count). The summed E-state index contributed by atoms with van der Waals surface area (Å²) in [6.45, 7) is 16.9. The van der Waals surface area contributed by atoms with Crippen LogP contribution in [0.1, 0.15) is 47.5 Å². The number of hydrogen-bond donors (Lipinski definition) is 1. The first kappa shape index (κ1) is 18.2. The Labute approximate surface area is 119 Å². The van der Waals surface area contributed by atoms with Gasteiger partial charge in [0.05, 0.1) is 0 Å². The number of nitrogens with one attached hydrogen (secondary N) is 1. The van der Waals surface area contributed by atoms with E-state index in [2.05, 4.69) is 44.6 Å². The summed E-state index contributed by atoms with van der Waals surface area (Å²) in [6, 6.07) is 0. The number of nitrogens with zero attached hydrogens (tertiary/aromatic N) is 1. The zero-order valence-electron chi connectivity index (χ0n) is 13.7. The summed E-state index contributed by atoms with van der Waals surface area (Å²) in [5.74, 6) is 0.161. The minimum Gasteiger partial charge on any atom is -0.356 e. The van der Waals surface area contributed by atoms with Gasteiger partial charge in [0.15, 0.2) is 0 Å². The van der Waals surface area contributed by atoms with Crippen molar-refractivity contribution in [2.24, 2.45) is 10.8 Å². The molecule has 0 aliphatic heterocycles. The molecular weight excluding hydrogens is 236 g/mol. The molecule has 0 radical (unpaired) electrons. The van der Waals surface area contributed by atoms with Gasteiger partial charge in [-0.2, -0.15) is 0 Å². The molecule has 0 bridgehead atoms. The lowest BCUT2D eigenvalue weighted by molar-refractivity contribution is -0.130. The van der Waals surface area contributed by atoms with Gasteiger partial charge in [0.25, 0.3) is 0 Å². The second-order valence-electron chi connectivity index (χ2n) is 7.28. The Hall–Kier alpha value is -0.830. The van der Waals surface area contributed by atoms with Gasteiger partial charge in [-0.05, 0) is 31.8 Å². The highest BCUT2D eigenvalue weighted by atomic mass is 16.2. The molecule has 0 fully saturated rings. The Morgan fingerprint density at radius 2 is 1.84 bits per heavy atom. The van der Waals surface area contributed by atoms with Gasteiger partial charge in [-0.25, -0.2) is 0 Å². The lowest BCUT2D eigenvalue weighted by Gasteiger charge is -2.31. The topological polar surface area (TPSA) is 32.3 Å². The first-order valence-corrected chi connectivity index (χ1v) is 7.16. The summed E-state index contributed by atoms with van der Waals surface area (Å²) in [5.41, 5.74) is -0.129. The predicted octanol–water partition coefficient (Wildman–Crippen LogP) is 3.07. The molecule has 0 spiro atoms. The van der Waals surface area contributed by atoms with Crippen LogP contribution < -0.4 is 5.32 Å². The molecule has 1 amide bonds. The molecule has 19 heavy (non-hydrogen) atoms. The van der Waals surface area contributed by atoms with E-state index in [0.717, 1.165) is 32.5 Å². The Morgan fingerprint density at radius 3 is 2.32 bits per heavy atom. The van der Waals surface area contributed by atoms with Gasteiger partial charge in [0.2, 0.25) is 5.91 Å². The van der Waals surface area contributed by atoms with Gasteiger partial charge < -0.3 is 10.2 Å². The van der Waals surface area contributed by atoms with Gasteiger partial charge in [0.1, 0.15) is 0 Å². The van der Waals surface area contributed by atoms with Crippen LogP contribution in [0.25, 0.3) is 0 Å². The first-order valence-electron chi connectivity index (χ1n) is 7.16. The second-order valence-corrected chi connectivity index (χ2v) is 7.28. The van der Waals surface area contributed by atoms with E-state index in [-0.39, 0.29) is 16.7 Å². The Kier molecular flexibility index (Phi) is 7.35. The van der Waals surface area contributed by atoms with Gasteiger partial charge >= 0.3 is 0 Å². The van der Waals surface area contributed by atoms with E-state index in [4.69, 9.17) is 0 Å². The third-order valence-corrected chi connectivity index (χ3v) is 3.03. The van der Waals surface area contributed by atoms with Crippen LogP contribution in [0.15, 0.2) is 12.7 Å². The molecule has 1 N–H and O–H groups in total. The van der Waals surface area contributed by atoms with Crippen molar-refractivity contribution in [3.05, 3.63) is 12.7 Å². The van der Waals surface area contributed by atoms with Gasteiger partial charge in [-0.15, -0.1) is 6.58 Å². The maximum atomic E-state index is 12.2. The summed E-state index contributed by atoms with van der Waals surface area (Å²) in [4.78, 5) is 14.4. The normalized spacial score (nSPS) is 12.6. The van der Waals surface area contributed by atoms with E-state index in [1.54, 1.807) is 0 Å². The summed E-state index contributed by atoms with van der Waals surface area (Å²) in [5, 5.41) is 3.05. The van der Waals surface area contributed by atoms with E-state index in [0.29, 0.717) is 0 Å². The van der Waals surface area contributed by atoms with Crippen molar-refractivity contribution >= 4 is 5.91 Å². The fraction of sp³-hybridized carbons (Fsp3) is 0.812. The first-order chi connectivity index (χ1) is 8.58. The molecule has 0 aromatic heterocycles. The van der Waals surface area contributed by atoms with Crippen LogP contribution in [0.4, 0.5) is 0 Å². The van der Waals surface area contributed by atoms with Crippen LogP contribution in [0.2, 0.25) is 0 Å². The lowest BCUT2D eigenvalue weighted by atomic mass is 9.76. The second kappa shape index (κ2) is 7.68. The summed E-state index contributed by atoms with van der Waals surface area (Å²) < 4.78 is 0. The molecule has 0 aromatic rings. The lowest BCUT2D eigenvalue weighted by Crippen LogP contribution is -2.40. The largest absolute Gasteiger partial charge is 0.356 e. The quantitative estimate of drug-likeness (QED) is 0.542. The van der Waals surface area contributed by atoms with Crippen LogP contribution >= 0.6 is 0 Å². The number of hydrogen-bond acceptors (Lipinski definition) is 2. The minimum atomic E-state index is -0.300. The smallest absolute Gasteiger partial charge is 0.225 e. The van der Waals surface area contributed by atoms with Crippen LogP contribution in [0, 0.1) is 10.8 Å². The van der Waals surface area contributed by atoms with E-state index in [1.807, 2.05) is 19.9 Å². The van der Waals surface area contributed by atoms with Crippen molar-refractivity contribution in [2.45, 2.75) is 47.5 Å². The molecule has 0 saturated heterocycles. The van der Waals surface area contributed by atoms with Gasteiger partial charge in [-0.3, -0.25) is 4.79 Å². The number of likely N-dealkylation sites (N-methyl/N-ethyl adjacent to an activating group) is 1. The van der Waals surface area contributed by atoms with Crippen LogP contribution in [0.5, 0.6) is 0 Å².